The second-order valence-electron chi connectivity index (χ2n) is 8.57. The van der Waals surface area contributed by atoms with Crippen molar-refractivity contribution in [2.24, 2.45) is 11.8 Å². The zero-order chi connectivity index (χ0) is 20.2. The van der Waals surface area contributed by atoms with Gasteiger partial charge in [-0.05, 0) is 56.1 Å². The molecule has 6 nitrogen and oxygen atoms in total. The minimum Gasteiger partial charge on any atom is -0.378 e. The third-order valence-electron chi connectivity index (χ3n) is 6.33. The van der Waals surface area contributed by atoms with Crippen LogP contribution >= 0.6 is 11.3 Å². The van der Waals surface area contributed by atoms with Crippen molar-refractivity contribution in [1.29, 1.82) is 0 Å². The normalized spacial score (nSPS) is 29.6. The van der Waals surface area contributed by atoms with Crippen LogP contribution in [-0.2, 0) is 4.79 Å². The summed E-state index contributed by atoms with van der Waals surface area (Å²) in [5.41, 5.74) is 1.84. The number of amides is 1. The highest BCUT2D eigenvalue weighted by molar-refractivity contribution is 7.22. The molecule has 2 aromatic heterocycles. The van der Waals surface area contributed by atoms with Crippen LogP contribution in [0.1, 0.15) is 56.4 Å². The number of carbonyl (C=O) groups excluding carboxylic acids is 1. The number of rotatable bonds is 6. The topological polar surface area (TPSA) is 87.1 Å². The lowest BCUT2D eigenvalue weighted by atomic mass is 9.82. The largest absolute Gasteiger partial charge is 0.378 e. The molecule has 2 atom stereocenters. The SMILES string of the molecule is O=C(Nc1nc2nccc(C3CCC(NC(O)C4CC4(F)F)CC3)c2s1)C1CC1. The van der Waals surface area contributed by atoms with Gasteiger partial charge in [0.15, 0.2) is 10.8 Å². The van der Waals surface area contributed by atoms with Gasteiger partial charge in [0.05, 0.1) is 10.6 Å². The van der Waals surface area contributed by atoms with Gasteiger partial charge >= 0.3 is 0 Å². The zero-order valence-electron chi connectivity index (χ0n) is 15.9. The standard InChI is InChI=1S/C20H24F2N4O2S/c21-20(22)9-14(20)18(28)24-12-5-3-10(4-6-12)13-7-8-23-16-15(13)29-19(25-16)26-17(27)11-1-2-11/h7-8,10-12,14,18,24,28H,1-6,9H2,(H,23,25,26,27). The van der Waals surface area contributed by atoms with Gasteiger partial charge in [0.2, 0.25) is 5.91 Å². The Hall–Kier alpha value is -1.71. The van der Waals surface area contributed by atoms with Gasteiger partial charge < -0.3 is 10.4 Å². The minimum atomic E-state index is -2.72. The summed E-state index contributed by atoms with van der Waals surface area (Å²) in [6.45, 7) is 0. The highest BCUT2D eigenvalue weighted by Gasteiger charge is 2.60. The quantitative estimate of drug-likeness (QED) is 0.619. The van der Waals surface area contributed by atoms with Gasteiger partial charge in [0.25, 0.3) is 5.92 Å². The minimum absolute atomic E-state index is 0.0389. The average molecular weight is 423 g/mol. The molecule has 3 fully saturated rings. The number of nitrogens with zero attached hydrogens (tertiary/aromatic N) is 2. The van der Waals surface area contributed by atoms with Crippen LogP contribution in [0.3, 0.4) is 0 Å². The van der Waals surface area contributed by atoms with Crippen LogP contribution in [-0.4, -0.2) is 39.2 Å². The van der Waals surface area contributed by atoms with Crippen LogP contribution in [0.5, 0.6) is 0 Å². The Morgan fingerprint density at radius 2 is 1.97 bits per heavy atom. The summed E-state index contributed by atoms with van der Waals surface area (Å²) in [6, 6.07) is 2.08. The van der Waals surface area contributed by atoms with Crippen molar-refractivity contribution >= 4 is 32.7 Å². The molecule has 2 heterocycles. The number of alkyl halides is 2. The maximum atomic E-state index is 13.1. The summed E-state index contributed by atoms with van der Waals surface area (Å²) in [5, 5.41) is 16.5. The first-order valence-electron chi connectivity index (χ1n) is 10.3. The van der Waals surface area contributed by atoms with Crippen molar-refractivity contribution in [3.05, 3.63) is 17.8 Å². The van der Waals surface area contributed by atoms with Gasteiger partial charge in [-0.15, -0.1) is 0 Å². The van der Waals surface area contributed by atoms with Gasteiger partial charge in [-0.25, -0.2) is 13.8 Å². The Morgan fingerprint density at radius 1 is 1.24 bits per heavy atom. The first-order chi connectivity index (χ1) is 13.9. The van der Waals surface area contributed by atoms with Crippen LogP contribution in [0, 0.1) is 11.8 Å². The summed E-state index contributed by atoms with van der Waals surface area (Å²) >= 11 is 1.47. The maximum Gasteiger partial charge on any atom is 0.255 e. The van der Waals surface area contributed by atoms with Gasteiger partial charge in [-0.2, -0.15) is 4.98 Å². The summed E-state index contributed by atoms with van der Waals surface area (Å²) in [6.07, 6.45) is 5.78. The molecule has 0 spiro atoms. The number of thiazole rings is 1. The monoisotopic (exact) mass is 422 g/mol. The highest BCUT2D eigenvalue weighted by atomic mass is 32.1. The second kappa shape index (κ2) is 7.21. The molecule has 1 amide bonds. The predicted octanol–water partition coefficient (Wildman–Crippen LogP) is 3.63. The van der Waals surface area contributed by atoms with E-state index < -0.39 is 18.1 Å². The molecule has 29 heavy (non-hydrogen) atoms. The zero-order valence-corrected chi connectivity index (χ0v) is 16.7. The van der Waals surface area contributed by atoms with E-state index in [4.69, 9.17) is 0 Å². The molecule has 0 aromatic carbocycles. The molecule has 0 radical (unpaired) electrons. The summed E-state index contributed by atoms with van der Waals surface area (Å²) in [5.74, 6) is -3.16. The number of hydrogen-bond donors (Lipinski definition) is 3. The summed E-state index contributed by atoms with van der Waals surface area (Å²) in [4.78, 5) is 20.8. The Labute approximate surface area is 171 Å². The molecule has 0 aliphatic heterocycles. The van der Waals surface area contributed by atoms with E-state index >= 15 is 0 Å². The average Bonchev–Trinajstić information content (AvgIpc) is 3.59. The lowest BCUT2D eigenvalue weighted by molar-refractivity contribution is -0.117. The first kappa shape index (κ1) is 19.3. The first-order valence-corrected chi connectivity index (χ1v) is 11.1. The molecule has 5 rings (SSSR count). The predicted molar refractivity (Wildman–Crippen MR) is 106 cm³/mol. The number of anilines is 1. The number of aliphatic hydroxyl groups is 1. The van der Waals surface area contributed by atoms with Gasteiger partial charge in [0.1, 0.15) is 6.23 Å². The molecule has 9 heteroatoms. The van der Waals surface area contributed by atoms with Crippen molar-refractivity contribution < 1.29 is 18.7 Å². The van der Waals surface area contributed by atoms with Gasteiger partial charge in [0, 0.05) is 24.6 Å². The van der Waals surface area contributed by atoms with Crippen LogP contribution in [0.4, 0.5) is 13.9 Å². The van der Waals surface area contributed by atoms with Crippen LogP contribution in [0.2, 0.25) is 0 Å². The lowest BCUT2D eigenvalue weighted by Crippen LogP contribution is -2.42. The summed E-state index contributed by atoms with van der Waals surface area (Å²) < 4.78 is 27.3. The Balaban J connectivity index is 1.23. The number of hydrogen-bond acceptors (Lipinski definition) is 6. The van der Waals surface area contributed by atoms with E-state index in [-0.39, 0.29) is 24.3 Å². The van der Waals surface area contributed by atoms with E-state index in [1.54, 1.807) is 6.20 Å². The summed E-state index contributed by atoms with van der Waals surface area (Å²) in [7, 11) is 0. The second-order valence-corrected chi connectivity index (χ2v) is 9.57. The fourth-order valence-electron chi connectivity index (χ4n) is 4.29. The van der Waals surface area contributed by atoms with E-state index in [9.17, 15) is 18.7 Å². The smallest absolute Gasteiger partial charge is 0.255 e. The van der Waals surface area contributed by atoms with E-state index in [0.29, 0.717) is 16.7 Å². The van der Waals surface area contributed by atoms with E-state index in [2.05, 4.69) is 20.6 Å². The third-order valence-corrected chi connectivity index (χ3v) is 7.34. The molecule has 0 saturated heterocycles. The Kier molecular flexibility index (Phi) is 4.79. The number of carbonyl (C=O) groups is 1. The van der Waals surface area contributed by atoms with Gasteiger partial charge in [-0.3, -0.25) is 10.1 Å². The third kappa shape index (κ3) is 4.00. The lowest BCUT2D eigenvalue weighted by Gasteiger charge is -2.31. The molecule has 3 aliphatic rings. The number of nitrogens with one attached hydrogen (secondary N) is 2. The molecular formula is C20H24F2N4O2S. The molecule has 2 unspecified atom stereocenters. The molecule has 0 bridgehead atoms. The maximum absolute atomic E-state index is 13.1. The highest BCUT2D eigenvalue weighted by Crippen LogP contribution is 2.50. The molecule has 3 aliphatic carbocycles. The van der Waals surface area contributed by atoms with E-state index in [1.165, 1.54) is 16.9 Å². The van der Waals surface area contributed by atoms with Crippen LogP contribution < -0.4 is 10.6 Å². The Bertz CT molecular complexity index is 924. The number of pyridine rings is 1. The molecule has 2 aromatic rings. The fraction of sp³-hybridized carbons (Fsp3) is 0.650. The van der Waals surface area contributed by atoms with Crippen molar-refractivity contribution in [1.82, 2.24) is 15.3 Å². The van der Waals surface area contributed by atoms with E-state index in [0.717, 1.165) is 43.2 Å². The van der Waals surface area contributed by atoms with Crippen LogP contribution in [0.15, 0.2) is 12.3 Å². The van der Waals surface area contributed by atoms with Crippen molar-refractivity contribution in [2.75, 3.05) is 5.32 Å². The number of fused-ring (bicyclic) bond motifs is 1. The van der Waals surface area contributed by atoms with Crippen LogP contribution in [0.25, 0.3) is 10.3 Å². The molecular weight excluding hydrogens is 398 g/mol. The Morgan fingerprint density at radius 3 is 2.62 bits per heavy atom. The van der Waals surface area contributed by atoms with Crippen molar-refractivity contribution in [2.45, 2.75) is 69.1 Å². The molecule has 3 N–H and O–H groups in total. The van der Waals surface area contributed by atoms with Gasteiger partial charge in [-0.1, -0.05) is 11.3 Å². The van der Waals surface area contributed by atoms with E-state index in [1.807, 2.05) is 6.07 Å². The van der Waals surface area contributed by atoms with Crippen molar-refractivity contribution in [3.8, 4) is 0 Å². The number of halogens is 2. The molecule has 3 saturated carbocycles. The number of aromatic nitrogens is 2. The van der Waals surface area contributed by atoms with Crippen molar-refractivity contribution in [3.63, 3.8) is 0 Å². The fourth-order valence-corrected chi connectivity index (χ4v) is 5.30. The molecule has 156 valence electrons. The number of aliphatic hydroxyl groups excluding tert-OH is 1.